The summed E-state index contributed by atoms with van der Waals surface area (Å²) in [6, 6.07) is 0. The van der Waals surface area contributed by atoms with Gasteiger partial charge in [-0.25, -0.2) is 9.13 Å². The number of phosphoric acid groups is 2. The molecule has 0 bridgehead atoms. The predicted molar refractivity (Wildman–Crippen MR) is 381 cm³/mol. The fourth-order valence-electron chi connectivity index (χ4n) is 11.3. The summed E-state index contributed by atoms with van der Waals surface area (Å²) >= 11 is 0. The van der Waals surface area contributed by atoms with Crippen LogP contribution in [0.15, 0.2) is 0 Å². The van der Waals surface area contributed by atoms with Gasteiger partial charge in [-0.2, -0.15) is 0 Å². The van der Waals surface area contributed by atoms with E-state index in [1.54, 1.807) is 0 Å². The second-order valence-corrected chi connectivity index (χ2v) is 31.6. The Labute approximate surface area is 575 Å². The summed E-state index contributed by atoms with van der Waals surface area (Å²) < 4.78 is 68.5. The molecule has 0 aromatic rings. The smallest absolute Gasteiger partial charge is 0.462 e. The van der Waals surface area contributed by atoms with Gasteiger partial charge in [0.25, 0.3) is 0 Å². The summed E-state index contributed by atoms with van der Waals surface area (Å²) in [7, 11) is -9.91. The van der Waals surface area contributed by atoms with Crippen molar-refractivity contribution in [2.24, 2.45) is 23.7 Å². The number of aliphatic hydroxyl groups is 1. The van der Waals surface area contributed by atoms with Gasteiger partial charge in [-0.05, 0) is 49.4 Å². The SMILES string of the molecule is CCC(C)CCCCCCCCCCCCC(=O)O[C@H](COC(=O)CCCCCCCCCCCC(C)C)COP(=O)(O)OCC(O)COP(=O)(O)OC[C@@H](COC(=O)CCCCCCCCCC(C)C)OC(=O)CCCCCCCCCCCCCCCCCC(C)C. The first-order valence-corrected chi connectivity index (χ1v) is 41.7. The number of carbonyl (C=O) groups is 4. The van der Waals surface area contributed by atoms with Crippen molar-refractivity contribution in [3.8, 4) is 0 Å². The molecule has 0 fully saturated rings. The van der Waals surface area contributed by atoms with Gasteiger partial charge >= 0.3 is 39.5 Å². The van der Waals surface area contributed by atoms with Gasteiger partial charge in [0, 0.05) is 25.7 Å². The third-order valence-electron chi connectivity index (χ3n) is 17.7. The van der Waals surface area contributed by atoms with Crippen LogP contribution in [0.2, 0.25) is 0 Å². The van der Waals surface area contributed by atoms with Gasteiger partial charge in [-0.1, -0.05) is 325 Å². The summed E-state index contributed by atoms with van der Waals surface area (Å²) in [4.78, 5) is 72.8. The van der Waals surface area contributed by atoms with Gasteiger partial charge < -0.3 is 33.8 Å². The van der Waals surface area contributed by atoms with Crippen LogP contribution in [-0.2, 0) is 65.4 Å². The Morgan fingerprint density at radius 3 is 0.755 bits per heavy atom. The molecule has 94 heavy (non-hydrogen) atoms. The fraction of sp³-hybridized carbons (Fsp3) is 0.947. The third kappa shape index (κ3) is 67.3. The van der Waals surface area contributed by atoms with Gasteiger partial charge in [-0.3, -0.25) is 37.3 Å². The number of hydrogen-bond acceptors (Lipinski definition) is 15. The van der Waals surface area contributed by atoms with Crippen LogP contribution < -0.4 is 0 Å². The van der Waals surface area contributed by atoms with Crippen molar-refractivity contribution in [2.75, 3.05) is 39.6 Å². The number of ether oxygens (including phenoxy) is 4. The lowest BCUT2D eigenvalue weighted by Crippen LogP contribution is -2.30. The molecule has 0 aliphatic rings. The van der Waals surface area contributed by atoms with E-state index in [4.69, 9.17) is 37.0 Å². The van der Waals surface area contributed by atoms with Gasteiger partial charge in [-0.15, -0.1) is 0 Å². The quantitative estimate of drug-likeness (QED) is 0.0222. The number of aliphatic hydroxyl groups excluding tert-OH is 1. The first-order chi connectivity index (χ1) is 45.1. The lowest BCUT2D eigenvalue weighted by Gasteiger charge is -2.21. The summed E-state index contributed by atoms with van der Waals surface area (Å²) in [6.07, 6.45) is 48.6. The minimum absolute atomic E-state index is 0.105. The molecule has 0 aromatic heterocycles. The number of esters is 4. The standard InChI is InChI=1S/C75H146O17P2/c1-9-68(8)54-46-38-30-22-17-18-24-33-42-50-58-75(80)91-70(61-85-72(77)55-47-39-31-25-19-21-28-36-44-52-66(4)5)63-89-93(81,82)87-59-69(76)60-88-94(83,84)90-64-71(62-86-73(78)56-48-40-34-26-29-37-45-53-67(6)7)92-74(79)57-49-41-32-23-16-14-12-10-11-13-15-20-27-35-43-51-65(2)3/h65-71,76H,9-64H2,1-8H3,(H,81,82)(H,83,84)/t68?,69?,70-,71-/m1/s1. The average Bonchev–Trinajstić information content (AvgIpc) is 1.17. The van der Waals surface area contributed by atoms with Crippen molar-refractivity contribution >= 4 is 39.5 Å². The van der Waals surface area contributed by atoms with Crippen molar-refractivity contribution in [3.63, 3.8) is 0 Å². The summed E-state index contributed by atoms with van der Waals surface area (Å²) in [6.45, 7) is 14.2. The van der Waals surface area contributed by atoms with E-state index < -0.39 is 97.5 Å². The highest BCUT2D eigenvalue weighted by Crippen LogP contribution is 2.45. The Morgan fingerprint density at radius 1 is 0.298 bits per heavy atom. The first-order valence-electron chi connectivity index (χ1n) is 38.7. The Bertz CT molecular complexity index is 1850. The minimum Gasteiger partial charge on any atom is -0.462 e. The molecule has 4 unspecified atom stereocenters. The van der Waals surface area contributed by atoms with Crippen molar-refractivity contribution in [3.05, 3.63) is 0 Å². The molecule has 0 radical (unpaired) electrons. The maximum atomic E-state index is 13.1. The molecule has 19 heteroatoms. The molecule has 0 aliphatic carbocycles. The molecule has 0 saturated carbocycles. The monoisotopic (exact) mass is 1380 g/mol. The van der Waals surface area contributed by atoms with Crippen molar-refractivity contribution in [1.82, 2.24) is 0 Å². The maximum absolute atomic E-state index is 13.1. The van der Waals surface area contributed by atoms with Crippen molar-refractivity contribution in [1.29, 1.82) is 0 Å². The molecular weight excluding hydrogens is 1230 g/mol. The topological polar surface area (TPSA) is 237 Å². The highest BCUT2D eigenvalue weighted by atomic mass is 31.2. The minimum atomic E-state index is -4.96. The fourth-order valence-corrected chi connectivity index (χ4v) is 12.9. The van der Waals surface area contributed by atoms with E-state index in [9.17, 15) is 43.2 Å². The normalized spacial score (nSPS) is 14.4. The lowest BCUT2D eigenvalue weighted by molar-refractivity contribution is -0.161. The van der Waals surface area contributed by atoms with Crippen LogP contribution in [0.4, 0.5) is 0 Å². The Kier molecular flexibility index (Phi) is 63.1. The molecule has 558 valence electrons. The van der Waals surface area contributed by atoms with Gasteiger partial charge in [0.15, 0.2) is 12.2 Å². The third-order valence-corrected chi connectivity index (χ3v) is 19.6. The van der Waals surface area contributed by atoms with Crippen LogP contribution in [0.3, 0.4) is 0 Å². The number of unbranched alkanes of at least 4 members (excludes halogenated alkanes) is 37. The van der Waals surface area contributed by atoms with E-state index in [0.29, 0.717) is 31.6 Å². The van der Waals surface area contributed by atoms with Gasteiger partial charge in [0.1, 0.15) is 19.3 Å². The van der Waals surface area contributed by atoms with Crippen LogP contribution in [-0.4, -0.2) is 96.7 Å². The molecule has 0 aliphatic heterocycles. The molecule has 17 nitrogen and oxygen atoms in total. The molecule has 6 atom stereocenters. The highest BCUT2D eigenvalue weighted by Gasteiger charge is 2.30. The number of rotatable bonds is 72. The highest BCUT2D eigenvalue weighted by molar-refractivity contribution is 7.47. The van der Waals surface area contributed by atoms with E-state index in [1.165, 1.54) is 173 Å². The second kappa shape index (κ2) is 64.4. The Hall–Kier alpha value is -1.94. The van der Waals surface area contributed by atoms with E-state index in [2.05, 4.69) is 55.4 Å². The molecule has 3 N–H and O–H groups in total. The zero-order valence-corrected chi connectivity index (χ0v) is 63.4. The number of phosphoric ester groups is 2. The zero-order valence-electron chi connectivity index (χ0n) is 61.6. The largest absolute Gasteiger partial charge is 0.472 e. The van der Waals surface area contributed by atoms with E-state index in [0.717, 1.165) is 114 Å². The van der Waals surface area contributed by atoms with Crippen LogP contribution in [0.5, 0.6) is 0 Å². The van der Waals surface area contributed by atoms with Crippen LogP contribution in [0, 0.1) is 23.7 Å². The first kappa shape index (κ1) is 92.1. The lowest BCUT2D eigenvalue weighted by atomic mass is 9.99. The molecular formula is C75H146O17P2. The van der Waals surface area contributed by atoms with Crippen molar-refractivity contribution in [2.45, 2.75) is 395 Å². The van der Waals surface area contributed by atoms with E-state index in [-0.39, 0.29) is 25.7 Å². The van der Waals surface area contributed by atoms with Crippen molar-refractivity contribution < 1.29 is 80.2 Å². The van der Waals surface area contributed by atoms with Crippen LogP contribution in [0.1, 0.15) is 376 Å². The van der Waals surface area contributed by atoms with Gasteiger partial charge in [0.05, 0.1) is 26.4 Å². The molecule has 0 rings (SSSR count). The number of hydrogen-bond donors (Lipinski definition) is 3. The Morgan fingerprint density at radius 2 is 0.511 bits per heavy atom. The molecule has 0 aromatic carbocycles. The molecule has 0 spiro atoms. The summed E-state index contributed by atoms with van der Waals surface area (Å²) in [5.41, 5.74) is 0. The van der Waals surface area contributed by atoms with E-state index >= 15 is 0 Å². The van der Waals surface area contributed by atoms with Crippen LogP contribution >= 0.6 is 15.6 Å². The molecule has 0 amide bonds. The van der Waals surface area contributed by atoms with Crippen LogP contribution in [0.25, 0.3) is 0 Å². The summed E-state index contributed by atoms with van der Waals surface area (Å²) in [5, 5.41) is 10.6. The number of carbonyl (C=O) groups excluding carboxylic acids is 4. The van der Waals surface area contributed by atoms with E-state index in [1.807, 2.05) is 0 Å². The summed E-state index contributed by atoms with van der Waals surface area (Å²) in [5.74, 6) is 0.931. The predicted octanol–water partition coefficient (Wildman–Crippen LogP) is 21.7. The zero-order chi connectivity index (χ0) is 69.6. The van der Waals surface area contributed by atoms with Gasteiger partial charge in [0.2, 0.25) is 0 Å². The maximum Gasteiger partial charge on any atom is 0.472 e. The second-order valence-electron chi connectivity index (χ2n) is 28.7. The molecule has 0 heterocycles. The average molecular weight is 1380 g/mol. The molecule has 0 saturated heterocycles. The Balaban J connectivity index is 5.24.